The molecule has 19 heavy (non-hydrogen) atoms. The summed E-state index contributed by atoms with van der Waals surface area (Å²) in [6, 6.07) is 4.96. The number of hydrogen-bond acceptors (Lipinski definition) is 4. The highest BCUT2D eigenvalue weighted by atomic mass is 19.1. The Morgan fingerprint density at radius 2 is 2.05 bits per heavy atom. The Hall–Kier alpha value is -2.28. The number of benzene rings is 1. The van der Waals surface area contributed by atoms with E-state index in [1.165, 1.54) is 18.2 Å². The fourth-order valence-corrected chi connectivity index (χ4v) is 1.66. The lowest BCUT2D eigenvalue weighted by Crippen LogP contribution is -2.13. The largest absolute Gasteiger partial charge is 0.433 e. The highest BCUT2D eigenvalue weighted by Crippen LogP contribution is 2.23. The molecule has 2 N–H and O–H groups in total. The Morgan fingerprint density at radius 3 is 2.63 bits per heavy atom. The van der Waals surface area contributed by atoms with Crippen molar-refractivity contribution in [3.8, 4) is 0 Å². The van der Waals surface area contributed by atoms with Gasteiger partial charge in [-0.3, -0.25) is 10.1 Å². The van der Waals surface area contributed by atoms with Crippen LogP contribution in [-0.2, 0) is 6.42 Å². The maximum absolute atomic E-state index is 13.4. The molecule has 0 saturated carbocycles. The van der Waals surface area contributed by atoms with Gasteiger partial charge in [-0.05, 0) is 24.1 Å². The van der Waals surface area contributed by atoms with E-state index < -0.39 is 28.5 Å². The number of rotatable bonds is 4. The molecule has 0 bridgehead atoms. The molecule has 0 radical (unpaired) electrons. The molecule has 1 aromatic carbocycles. The van der Waals surface area contributed by atoms with Gasteiger partial charge in [0.1, 0.15) is 22.3 Å². The summed E-state index contributed by atoms with van der Waals surface area (Å²) in [7, 11) is 0. The van der Waals surface area contributed by atoms with Crippen molar-refractivity contribution in [2.75, 3.05) is 0 Å². The zero-order valence-corrected chi connectivity index (χ0v) is 9.68. The number of nitrogens with zero attached hydrogens (tertiary/aromatic N) is 1. The van der Waals surface area contributed by atoms with E-state index in [4.69, 9.17) is 10.2 Å². The van der Waals surface area contributed by atoms with Gasteiger partial charge < -0.3 is 10.2 Å². The van der Waals surface area contributed by atoms with Gasteiger partial charge in [0.25, 0.3) is 0 Å². The predicted octanol–water partition coefficient (Wildman–Crippen LogP) is 2.71. The van der Waals surface area contributed by atoms with Crippen molar-refractivity contribution in [3.05, 3.63) is 63.4 Å². The number of nitrogens with two attached hydrogens (primary N) is 1. The number of hydrogen-bond donors (Lipinski definition) is 1. The number of halogens is 2. The first-order chi connectivity index (χ1) is 8.97. The zero-order chi connectivity index (χ0) is 14.0. The summed E-state index contributed by atoms with van der Waals surface area (Å²) >= 11 is 0. The van der Waals surface area contributed by atoms with Crippen LogP contribution < -0.4 is 5.73 Å². The molecule has 7 heteroatoms. The van der Waals surface area contributed by atoms with Crippen LogP contribution in [0.5, 0.6) is 0 Å². The summed E-state index contributed by atoms with van der Waals surface area (Å²) in [6.45, 7) is 0. The second-order valence-electron chi connectivity index (χ2n) is 3.98. The monoisotopic (exact) mass is 268 g/mol. The van der Waals surface area contributed by atoms with Gasteiger partial charge >= 0.3 is 5.88 Å². The zero-order valence-electron chi connectivity index (χ0n) is 9.68. The molecule has 0 spiro atoms. The van der Waals surface area contributed by atoms with E-state index >= 15 is 0 Å². The van der Waals surface area contributed by atoms with E-state index in [2.05, 4.69) is 0 Å². The molecule has 5 nitrogen and oxygen atoms in total. The van der Waals surface area contributed by atoms with E-state index in [1.54, 1.807) is 0 Å². The van der Waals surface area contributed by atoms with Crippen LogP contribution in [-0.4, -0.2) is 4.92 Å². The Labute approximate surface area is 106 Å². The average molecular weight is 268 g/mol. The normalized spacial score (nSPS) is 12.4. The van der Waals surface area contributed by atoms with Crippen LogP contribution in [0.1, 0.15) is 17.4 Å². The molecule has 0 amide bonds. The lowest BCUT2D eigenvalue weighted by molar-refractivity contribution is -0.402. The molecule has 0 aliphatic carbocycles. The Morgan fingerprint density at radius 1 is 1.32 bits per heavy atom. The van der Waals surface area contributed by atoms with Crippen LogP contribution in [0.4, 0.5) is 14.7 Å². The molecule has 1 atom stereocenters. The summed E-state index contributed by atoms with van der Waals surface area (Å²) in [4.78, 5) is 9.77. The molecule has 0 saturated heterocycles. The van der Waals surface area contributed by atoms with E-state index in [0.29, 0.717) is 0 Å². The number of nitro groups is 1. The number of furan rings is 1. The van der Waals surface area contributed by atoms with E-state index in [1.807, 2.05) is 0 Å². The second kappa shape index (κ2) is 5.15. The van der Waals surface area contributed by atoms with Gasteiger partial charge in [0, 0.05) is 6.07 Å². The highest BCUT2D eigenvalue weighted by Gasteiger charge is 2.18. The van der Waals surface area contributed by atoms with Crippen molar-refractivity contribution < 1.29 is 18.1 Å². The minimum Gasteiger partial charge on any atom is -0.404 e. The van der Waals surface area contributed by atoms with Crippen molar-refractivity contribution in [3.63, 3.8) is 0 Å². The van der Waals surface area contributed by atoms with Crippen LogP contribution in [0, 0.1) is 21.7 Å². The fourth-order valence-electron chi connectivity index (χ4n) is 1.66. The first kappa shape index (κ1) is 13.2. The lowest BCUT2D eigenvalue weighted by atomic mass is 10.0. The maximum Gasteiger partial charge on any atom is 0.433 e. The SMILES string of the molecule is NC(Cc1ccc(F)cc1F)c1ccc([N+](=O)[O-])o1. The van der Waals surface area contributed by atoms with Crippen LogP contribution >= 0.6 is 0 Å². The molecular formula is C12H10F2N2O3. The van der Waals surface area contributed by atoms with Crippen LogP contribution in [0.2, 0.25) is 0 Å². The summed E-state index contributed by atoms with van der Waals surface area (Å²) < 4.78 is 31.1. The standard InChI is InChI=1S/C12H10F2N2O3/c13-8-2-1-7(9(14)6-8)5-10(15)11-3-4-12(19-11)16(17)18/h1-4,6,10H,5,15H2. The van der Waals surface area contributed by atoms with Crippen molar-refractivity contribution in [1.82, 2.24) is 0 Å². The molecule has 0 aliphatic rings. The van der Waals surface area contributed by atoms with Gasteiger partial charge in [-0.1, -0.05) is 6.07 Å². The molecular weight excluding hydrogens is 258 g/mol. The molecule has 2 aromatic rings. The first-order valence-electron chi connectivity index (χ1n) is 5.41. The molecule has 0 aliphatic heterocycles. The maximum atomic E-state index is 13.4. The van der Waals surface area contributed by atoms with E-state index in [0.717, 1.165) is 12.1 Å². The van der Waals surface area contributed by atoms with Crippen LogP contribution in [0.3, 0.4) is 0 Å². The van der Waals surface area contributed by atoms with Gasteiger partial charge in [0.15, 0.2) is 0 Å². The van der Waals surface area contributed by atoms with Gasteiger partial charge in [0.2, 0.25) is 0 Å². The second-order valence-corrected chi connectivity index (χ2v) is 3.98. The Balaban J connectivity index is 2.15. The minimum absolute atomic E-state index is 0.0524. The quantitative estimate of drug-likeness (QED) is 0.682. The van der Waals surface area contributed by atoms with E-state index in [9.17, 15) is 18.9 Å². The topological polar surface area (TPSA) is 82.3 Å². The molecule has 1 heterocycles. The van der Waals surface area contributed by atoms with Crippen LogP contribution in [0.25, 0.3) is 0 Å². The molecule has 100 valence electrons. The summed E-state index contributed by atoms with van der Waals surface area (Å²) in [5, 5.41) is 10.5. The smallest absolute Gasteiger partial charge is 0.404 e. The van der Waals surface area contributed by atoms with Crippen molar-refractivity contribution in [1.29, 1.82) is 0 Å². The molecule has 1 unspecified atom stereocenters. The summed E-state index contributed by atoms with van der Waals surface area (Å²) in [5.74, 6) is -1.64. The van der Waals surface area contributed by atoms with Crippen molar-refractivity contribution in [2.24, 2.45) is 5.73 Å². The van der Waals surface area contributed by atoms with Crippen LogP contribution in [0.15, 0.2) is 34.7 Å². The van der Waals surface area contributed by atoms with Gasteiger partial charge in [-0.25, -0.2) is 8.78 Å². The lowest BCUT2D eigenvalue weighted by Gasteiger charge is -2.09. The summed E-state index contributed by atoms with van der Waals surface area (Å²) in [5.41, 5.74) is 5.99. The van der Waals surface area contributed by atoms with Gasteiger partial charge in [0.05, 0.1) is 12.1 Å². The fraction of sp³-hybridized carbons (Fsp3) is 0.167. The third kappa shape index (κ3) is 2.94. The van der Waals surface area contributed by atoms with Gasteiger partial charge in [-0.2, -0.15) is 0 Å². The van der Waals surface area contributed by atoms with E-state index in [-0.39, 0.29) is 17.7 Å². The third-order valence-corrected chi connectivity index (χ3v) is 2.61. The predicted molar refractivity (Wildman–Crippen MR) is 62.4 cm³/mol. The molecule has 0 fully saturated rings. The van der Waals surface area contributed by atoms with Crippen molar-refractivity contribution >= 4 is 5.88 Å². The third-order valence-electron chi connectivity index (χ3n) is 2.61. The highest BCUT2D eigenvalue weighted by molar-refractivity contribution is 5.24. The van der Waals surface area contributed by atoms with Gasteiger partial charge in [-0.15, -0.1) is 0 Å². The molecule has 1 aromatic heterocycles. The van der Waals surface area contributed by atoms with Crippen molar-refractivity contribution in [2.45, 2.75) is 12.5 Å². The summed E-state index contributed by atoms with van der Waals surface area (Å²) in [6.07, 6.45) is 0.0524. The minimum atomic E-state index is -0.742. The average Bonchev–Trinajstić information content (AvgIpc) is 2.82. The Bertz CT molecular complexity index is 613. The molecule has 2 rings (SSSR count). The first-order valence-corrected chi connectivity index (χ1v) is 5.41. The Kier molecular flexibility index (Phi) is 3.57.